The molecule has 0 spiro atoms. The van der Waals surface area contributed by atoms with Crippen molar-refractivity contribution >= 4 is 23.4 Å². The molecule has 0 unspecified atom stereocenters. The van der Waals surface area contributed by atoms with Gasteiger partial charge in [-0.1, -0.05) is 11.6 Å². The lowest BCUT2D eigenvalue weighted by atomic mass is 10.0. The maximum Gasteiger partial charge on any atom is 0.253 e. The van der Waals surface area contributed by atoms with E-state index in [-0.39, 0.29) is 24.4 Å². The normalized spacial score (nSPS) is 16.9. The Hall–Kier alpha value is -1.66. The molecule has 2 rings (SSSR count). The molecule has 0 aliphatic carbocycles. The van der Waals surface area contributed by atoms with E-state index < -0.39 is 0 Å². The lowest BCUT2D eigenvalue weighted by Gasteiger charge is -2.31. The highest BCUT2D eigenvalue weighted by molar-refractivity contribution is 6.33. The Morgan fingerprint density at radius 1 is 1.45 bits per heavy atom. The molecule has 20 heavy (non-hydrogen) atoms. The third kappa shape index (κ3) is 3.91. The molecule has 1 aliphatic rings. The number of nitrogens with two attached hydrogens (primary N) is 1. The minimum Gasteiger partial charge on any atom is -0.369 e. The molecule has 2 amide bonds. The van der Waals surface area contributed by atoms with E-state index in [4.69, 9.17) is 17.3 Å². The van der Waals surface area contributed by atoms with Crippen molar-refractivity contribution in [2.45, 2.75) is 18.9 Å². The van der Waals surface area contributed by atoms with E-state index in [0.29, 0.717) is 10.6 Å². The number of carbonyl (C=O) groups is 2. The van der Waals surface area contributed by atoms with Crippen molar-refractivity contribution in [3.8, 4) is 0 Å². The molecule has 1 aromatic heterocycles. The average molecular weight is 297 g/mol. The molecular formula is C13H17ClN4O2. The molecule has 3 N–H and O–H groups in total. The first-order valence-electron chi connectivity index (χ1n) is 6.47. The molecule has 0 aromatic carbocycles. The summed E-state index contributed by atoms with van der Waals surface area (Å²) in [5.41, 5.74) is 5.59. The van der Waals surface area contributed by atoms with Crippen LogP contribution >= 0.6 is 11.6 Å². The minimum atomic E-state index is -0.323. The Morgan fingerprint density at radius 3 is 2.75 bits per heavy atom. The Bertz CT molecular complexity index is 501. The Kier molecular flexibility index (Phi) is 4.92. The smallest absolute Gasteiger partial charge is 0.253 e. The van der Waals surface area contributed by atoms with Crippen LogP contribution in [0.2, 0.25) is 5.02 Å². The fraction of sp³-hybridized carbons (Fsp3) is 0.462. The Balaban J connectivity index is 1.85. The number of halogens is 1. The van der Waals surface area contributed by atoms with E-state index >= 15 is 0 Å². The van der Waals surface area contributed by atoms with Crippen LogP contribution in [0, 0.1) is 0 Å². The summed E-state index contributed by atoms with van der Waals surface area (Å²) in [7, 11) is 0. The molecular weight excluding hydrogens is 280 g/mol. The number of hydrogen-bond donors (Lipinski definition) is 2. The van der Waals surface area contributed by atoms with E-state index in [2.05, 4.69) is 10.3 Å². The molecule has 1 aromatic rings. The van der Waals surface area contributed by atoms with Crippen LogP contribution in [0.15, 0.2) is 18.5 Å². The van der Waals surface area contributed by atoms with Gasteiger partial charge in [0.2, 0.25) is 5.91 Å². The van der Waals surface area contributed by atoms with Crippen molar-refractivity contribution < 1.29 is 9.59 Å². The molecule has 108 valence electrons. The van der Waals surface area contributed by atoms with Crippen molar-refractivity contribution in [2.75, 3.05) is 19.6 Å². The summed E-state index contributed by atoms with van der Waals surface area (Å²) in [6.45, 7) is 1.77. The van der Waals surface area contributed by atoms with Crippen LogP contribution in [0.3, 0.4) is 0 Å². The lowest BCUT2D eigenvalue weighted by Crippen LogP contribution is -2.46. The fourth-order valence-electron chi connectivity index (χ4n) is 2.28. The van der Waals surface area contributed by atoms with Gasteiger partial charge < -0.3 is 11.1 Å². The fourth-order valence-corrected chi connectivity index (χ4v) is 2.48. The number of piperidine rings is 1. The average Bonchev–Trinajstić information content (AvgIpc) is 2.41. The van der Waals surface area contributed by atoms with E-state index in [9.17, 15) is 9.59 Å². The molecule has 2 heterocycles. The molecule has 1 aliphatic heterocycles. The summed E-state index contributed by atoms with van der Waals surface area (Å²) in [4.78, 5) is 28.8. The maximum absolute atomic E-state index is 12.1. The molecule has 0 saturated carbocycles. The van der Waals surface area contributed by atoms with Gasteiger partial charge in [-0.05, 0) is 18.9 Å². The van der Waals surface area contributed by atoms with Gasteiger partial charge in [-0.3, -0.25) is 19.5 Å². The van der Waals surface area contributed by atoms with Gasteiger partial charge >= 0.3 is 0 Å². The number of nitrogens with one attached hydrogen (secondary N) is 1. The maximum atomic E-state index is 12.1. The zero-order chi connectivity index (χ0) is 14.5. The molecule has 0 radical (unpaired) electrons. The van der Waals surface area contributed by atoms with Crippen LogP contribution < -0.4 is 11.1 Å². The molecule has 6 nitrogen and oxygen atoms in total. The highest BCUT2D eigenvalue weighted by Gasteiger charge is 2.22. The molecule has 0 atom stereocenters. The Morgan fingerprint density at radius 2 is 2.15 bits per heavy atom. The van der Waals surface area contributed by atoms with Crippen LogP contribution in [0.5, 0.6) is 0 Å². The molecule has 7 heteroatoms. The van der Waals surface area contributed by atoms with Crippen molar-refractivity contribution in [2.24, 2.45) is 5.73 Å². The van der Waals surface area contributed by atoms with Crippen molar-refractivity contribution in [3.63, 3.8) is 0 Å². The van der Waals surface area contributed by atoms with Crippen LogP contribution in [-0.2, 0) is 4.79 Å². The highest BCUT2D eigenvalue weighted by atomic mass is 35.5. The summed E-state index contributed by atoms with van der Waals surface area (Å²) < 4.78 is 0. The van der Waals surface area contributed by atoms with E-state index in [1.54, 1.807) is 6.07 Å². The summed E-state index contributed by atoms with van der Waals surface area (Å²) in [5.74, 6) is -0.512. The van der Waals surface area contributed by atoms with Crippen LogP contribution in [0.4, 0.5) is 0 Å². The van der Waals surface area contributed by atoms with Crippen LogP contribution in [0.1, 0.15) is 23.2 Å². The lowest BCUT2D eigenvalue weighted by molar-refractivity contribution is -0.119. The molecule has 1 saturated heterocycles. The van der Waals surface area contributed by atoms with Gasteiger partial charge in [-0.2, -0.15) is 0 Å². The zero-order valence-electron chi connectivity index (χ0n) is 11.0. The highest BCUT2D eigenvalue weighted by Crippen LogP contribution is 2.15. The molecule has 0 bridgehead atoms. The monoisotopic (exact) mass is 296 g/mol. The number of amides is 2. The summed E-state index contributed by atoms with van der Waals surface area (Å²) in [6, 6.07) is 1.69. The van der Waals surface area contributed by atoms with Crippen molar-refractivity contribution in [1.29, 1.82) is 0 Å². The van der Waals surface area contributed by atoms with Gasteiger partial charge in [0.25, 0.3) is 5.91 Å². The van der Waals surface area contributed by atoms with E-state index in [1.807, 2.05) is 4.90 Å². The van der Waals surface area contributed by atoms with Crippen molar-refractivity contribution in [1.82, 2.24) is 15.2 Å². The van der Waals surface area contributed by atoms with Gasteiger partial charge in [0.15, 0.2) is 0 Å². The quantitative estimate of drug-likeness (QED) is 0.842. The second kappa shape index (κ2) is 6.67. The zero-order valence-corrected chi connectivity index (χ0v) is 11.8. The predicted octanol–water partition coefficient (Wildman–Crippen LogP) is 0.415. The number of likely N-dealkylation sites (tertiary alicyclic amines) is 1. The van der Waals surface area contributed by atoms with Gasteiger partial charge in [0.05, 0.1) is 17.1 Å². The van der Waals surface area contributed by atoms with Gasteiger partial charge in [-0.25, -0.2) is 0 Å². The van der Waals surface area contributed by atoms with E-state index in [0.717, 1.165) is 25.9 Å². The summed E-state index contributed by atoms with van der Waals surface area (Å²) >= 11 is 5.93. The third-order valence-electron chi connectivity index (χ3n) is 3.32. The number of nitrogens with zero attached hydrogens (tertiary/aromatic N) is 2. The number of pyridine rings is 1. The van der Waals surface area contributed by atoms with Crippen LogP contribution in [0.25, 0.3) is 0 Å². The predicted molar refractivity (Wildman–Crippen MR) is 75.4 cm³/mol. The first kappa shape index (κ1) is 14.7. The number of hydrogen-bond acceptors (Lipinski definition) is 4. The SMILES string of the molecule is NC(=O)CN1CCC(NC(=O)c2ccncc2Cl)CC1. The van der Waals surface area contributed by atoms with Gasteiger partial charge in [0, 0.05) is 31.5 Å². The van der Waals surface area contributed by atoms with Crippen LogP contribution in [-0.4, -0.2) is 47.4 Å². The number of primary amides is 1. The van der Waals surface area contributed by atoms with E-state index in [1.165, 1.54) is 12.4 Å². The standard InChI is InChI=1S/C13H17ClN4O2/c14-11-7-16-4-1-10(11)13(20)17-9-2-5-18(6-3-9)8-12(15)19/h1,4,7,9H,2-3,5-6,8H2,(H2,15,19)(H,17,20). The first-order chi connectivity index (χ1) is 9.56. The van der Waals surface area contributed by atoms with Gasteiger partial charge in [-0.15, -0.1) is 0 Å². The Labute approximate surface area is 122 Å². The first-order valence-corrected chi connectivity index (χ1v) is 6.85. The summed E-state index contributed by atoms with van der Waals surface area (Å²) in [6.07, 6.45) is 4.58. The summed E-state index contributed by atoms with van der Waals surface area (Å²) in [5, 5.41) is 3.30. The largest absolute Gasteiger partial charge is 0.369 e. The number of aromatic nitrogens is 1. The topological polar surface area (TPSA) is 88.3 Å². The second-order valence-corrected chi connectivity index (χ2v) is 5.25. The minimum absolute atomic E-state index is 0.0934. The number of carbonyl (C=O) groups excluding carboxylic acids is 2. The third-order valence-corrected chi connectivity index (χ3v) is 3.62. The molecule has 1 fully saturated rings. The van der Waals surface area contributed by atoms with Gasteiger partial charge in [0.1, 0.15) is 0 Å². The second-order valence-electron chi connectivity index (χ2n) is 4.85. The number of rotatable bonds is 4. The van der Waals surface area contributed by atoms with Crippen molar-refractivity contribution in [3.05, 3.63) is 29.0 Å².